The quantitative estimate of drug-likeness (QED) is 0.889. The van der Waals surface area contributed by atoms with Gasteiger partial charge in [-0.25, -0.2) is 0 Å². The summed E-state index contributed by atoms with van der Waals surface area (Å²) in [6.45, 7) is -0.114. The molecule has 0 bridgehead atoms. The second-order valence-corrected chi connectivity index (χ2v) is 5.41. The van der Waals surface area contributed by atoms with Gasteiger partial charge in [0.1, 0.15) is 0 Å². The van der Waals surface area contributed by atoms with Gasteiger partial charge in [0.05, 0.1) is 18.6 Å². The minimum Gasteiger partial charge on any atom is -0.394 e. The van der Waals surface area contributed by atoms with Gasteiger partial charge in [-0.3, -0.25) is 0 Å². The standard InChI is InChI=1S/C15H20F3NO/c16-15(17,18)12-7-4-8-13(9-12)19-14(10-20)11-5-2-1-3-6-11/h1-3,5-6,12-14,19-20H,4,7-10H2/t12?,13?,14-/m0/s1. The van der Waals surface area contributed by atoms with Crippen molar-refractivity contribution in [2.24, 2.45) is 5.92 Å². The number of benzene rings is 1. The lowest BCUT2D eigenvalue weighted by Gasteiger charge is -2.33. The molecular formula is C15H20F3NO. The number of nitrogens with one attached hydrogen (secondary N) is 1. The van der Waals surface area contributed by atoms with Crippen LogP contribution < -0.4 is 5.32 Å². The van der Waals surface area contributed by atoms with Gasteiger partial charge in [-0.15, -0.1) is 0 Å². The molecule has 2 rings (SSSR count). The third-order valence-electron chi connectivity index (χ3n) is 3.96. The summed E-state index contributed by atoms with van der Waals surface area (Å²) < 4.78 is 38.3. The summed E-state index contributed by atoms with van der Waals surface area (Å²) in [5.41, 5.74) is 0.907. The topological polar surface area (TPSA) is 32.3 Å². The summed E-state index contributed by atoms with van der Waals surface area (Å²) in [4.78, 5) is 0. The van der Waals surface area contributed by atoms with Crippen LogP contribution in [0.25, 0.3) is 0 Å². The van der Waals surface area contributed by atoms with Gasteiger partial charge in [0.25, 0.3) is 0 Å². The van der Waals surface area contributed by atoms with E-state index in [9.17, 15) is 18.3 Å². The van der Waals surface area contributed by atoms with E-state index < -0.39 is 12.1 Å². The fourth-order valence-electron chi connectivity index (χ4n) is 2.86. The average molecular weight is 287 g/mol. The molecule has 0 saturated heterocycles. The Hall–Kier alpha value is -1.07. The molecule has 20 heavy (non-hydrogen) atoms. The van der Waals surface area contributed by atoms with Crippen LogP contribution in [0.2, 0.25) is 0 Å². The van der Waals surface area contributed by atoms with Crippen molar-refractivity contribution in [3.05, 3.63) is 35.9 Å². The largest absolute Gasteiger partial charge is 0.394 e. The van der Waals surface area contributed by atoms with Gasteiger partial charge in [0.15, 0.2) is 0 Å². The molecule has 0 aromatic heterocycles. The van der Waals surface area contributed by atoms with E-state index in [1.165, 1.54) is 0 Å². The van der Waals surface area contributed by atoms with Crippen molar-refractivity contribution in [3.8, 4) is 0 Å². The van der Waals surface area contributed by atoms with E-state index >= 15 is 0 Å². The summed E-state index contributed by atoms with van der Waals surface area (Å²) in [7, 11) is 0. The van der Waals surface area contributed by atoms with E-state index in [0.29, 0.717) is 6.42 Å². The smallest absolute Gasteiger partial charge is 0.391 e. The summed E-state index contributed by atoms with van der Waals surface area (Å²) in [5, 5.41) is 12.6. The first-order valence-corrected chi connectivity index (χ1v) is 6.99. The van der Waals surface area contributed by atoms with Crippen LogP contribution in [0.4, 0.5) is 13.2 Å². The van der Waals surface area contributed by atoms with Crippen LogP contribution in [-0.2, 0) is 0 Å². The summed E-state index contributed by atoms with van der Waals surface area (Å²) >= 11 is 0. The first-order valence-electron chi connectivity index (χ1n) is 6.99. The van der Waals surface area contributed by atoms with Crippen molar-refractivity contribution in [3.63, 3.8) is 0 Å². The number of hydrogen-bond acceptors (Lipinski definition) is 2. The third kappa shape index (κ3) is 3.96. The summed E-state index contributed by atoms with van der Waals surface area (Å²) in [6, 6.07) is 8.85. The van der Waals surface area contributed by atoms with Crippen molar-refractivity contribution >= 4 is 0 Å². The normalized spacial score (nSPS) is 25.4. The van der Waals surface area contributed by atoms with Gasteiger partial charge >= 0.3 is 6.18 Å². The van der Waals surface area contributed by atoms with E-state index in [2.05, 4.69) is 5.32 Å². The molecule has 2 nitrogen and oxygen atoms in total. The first kappa shape index (κ1) is 15.3. The van der Waals surface area contributed by atoms with Gasteiger partial charge in [-0.05, 0) is 24.8 Å². The maximum Gasteiger partial charge on any atom is 0.391 e. The van der Waals surface area contributed by atoms with Crippen LogP contribution in [-0.4, -0.2) is 23.9 Å². The number of aliphatic hydroxyl groups is 1. The lowest BCUT2D eigenvalue weighted by atomic mass is 9.84. The van der Waals surface area contributed by atoms with E-state index in [4.69, 9.17) is 0 Å². The Kier molecular flexibility index (Phi) is 5.05. The molecule has 1 aromatic carbocycles. The van der Waals surface area contributed by atoms with E-state index in [0.717, 1.165) is 12.0 Å². The zero-order chi connectivity index (χ0) is 14.6. The number of aliphatic hydroxyl groups excluding tert-OH is 1. The Morgan fingerprint density at radius 3 is 2.50 bits per heavy atom. The van der Waals surface area contributed by atoms with E-state index in [1.807, 2.05) is 30.3 Å². The predicted molar refractivity (Wildman–Crippen MR) is 71.2 cm³/mol. The zero-order valence-electron chi connectivity index (χ0n) is 11.2. The molecule has 0 heterocycles. The molecule has 1 saturated carbocycles. The van der Waals surface area contributed by atoms with Gasteiger partial charge < -0.3 is 10.4 Å². The summed E-state index contributed by atoms with van der Waals surface area (Å²) in [6.07, 6.45) is -2.48. The maximum atomic E-state index is 12.8. The van der Waals surface area contributed by atoms with Crippen LogP contribution in [0, 0.1) is 5.92 Å². The Labute approximate surface area is 117 Å². The molecule has 1 fully saturated rings. The SMILES string of the molecule is OC[C@H](NC1CCCC(C(F)(F)F)C1)c1ccccc1. The fourth-order valence-corrected chi connectivity index (χ4v) is 2.86. The molecule has 112 valence electrons. The molecular weight excluding hydrogens is 267 g/mol. The van der Waals surface area contributed by atoms with Crippen LogP contribution in [0.3, 0.4) is 0 Å². The molecule has 0 spiro atoms. The minimum absolute atomic E-state index is 0.104. The van der Waals surface area contributed by atoms with Crippen molar-refractivity contribution in [2.75, 3.05) is 6.61 Å². The van der Waals surface area contributed by atoms with Crippen LogP contribution in [0.15, 0.2) is 30.3 Å². The zero-order valence-corrected chi connectivity index (χ0v) is 11.2. The predicted octanol–water partition coefficient (Wildman–Crippen LogP) is 3.43. The maximum absolute atomic E-state index is 12.8. The van der Waals surface area contributed by atoms with Crippen LogP contribution >= 0.6 is 0 Å². The molecule has 3 atom stereocenters. The Balaban J connectivity index is 1.98. The second kappa shape index (κ2) is 6.59. The van der Waals surface area contributed by atoms with Gasteiger partial charge in [-0.1, -0.05) is 36.8 Å². The third-order valence-corrected chi connectivity index (χ3v) is 3.96. The highest BCUT2D eigenvalue weighted by Crippen LogP contribution is 2.38. The molecule has 1 aromatic rings. The van der Waals surface area contributed by atoms with Crippen molar-refractivity contribution in [2.45, 2.75) is 43.9 Å². The van der Waals surface area contributed by atoms with Crippen LogP contribution in [0.5, 0.6) is 0 Å². The molecule has 1 aliphatic rings. The highest BCUT2D eigenvalue weighted by molar-refractivity contribution is 5.19. The monoisotopic (exact) mass is 287 g/mol. The Morgan fingerprint density at radius 2 is 1.90 bits per heavy atom. The number of halogens is 3. The molecule has 0 amide bonds. The number of rotatable bonds is 4. The van der Waals surface area contributed by atoms with Gasteiger partial charge in [0.2, 0.25) is 0 Å². The van der Waals surface area contributed by atoms with Crippen molar-refractivity contribution in [1.82, 2.24) is 5.32 Å². The summed E-state index contributed by atoms with van der Waals surface area (Å²) in [5.74, 6) is -1.22. The Morgan fingerprint density at radius 1 is 1.20 bits per heavy atom. The first-order chi connectivity index (χ1) is 9.50. The molecule has 5 heteroatoms. The van der Waals surface area contributed by atoms with Crippen molar-refractivity contribution in [1.29, 1.82) is 0 Å². The highest BCUT2D eigenvalue weighted by atomic mass is 19.4. The molecule has 2 N–H and O–H groups in total. The van der Waals surface area contributed by atoms with E-state index in [1.54, 1.807) is 0 Å². The van der Waals surface area contributed by atoms with Crippen molar-refractivity contribution < 1.29 is 18.3 Å². The average Bonchev–Trinajstić information content (AvgIpc) is 2.45. The molecule has 1 aliphatic carbocycles. The fraction of sp³-hybridized carbons (Fsp3) is 0.600. The second-order valence-electron chi connectivity index (χ2n) is 5.41. The molecule has 2 unspecified atom stereocenters. The lowest BCUT2D eigenvalue weighted by Crippen LogP contribution is -2.41. The lowest BCUT2D eigenvalue weighted by molar-refractivity contribution is -0.184. The highest BCUT2D eigenvalue weighted by Gasteiger charge is 2.42. The van der Waals surface area contributed by atoms with Gasteiger partial charge in [-0.2, -0.15) is 13.2 Å². The molecule has 0 radical (unpaired) electrons. The van der Waals surface area contributed by atoms with E-state index in [-0.39, 0.29) is 31.5 Å². The van der Waals surface area contributed by atoms with Gasteiger partial charge in [0, 0.05) is 6.04 Å². The van der Waals surface area contributed by atoms with Crippen LogP contribution in [0.1, 0.15) is 37.3 Å². The molecule has 0 aliphatic heterocycles. The minimum atomic E-state index is -4.11. The number of alkyl halides is 3. The number of hydrogen-bond donors (Lipinski definition) is 2. The Bertz CT molecular complexity index is 407.